The monoisotopic (exact) mass is 292 g/mol. The van der Waals surface area contributed by atoms with Crippen LogP contribution in [0.4, 0.5) is 0 Å². The summed E-state index contributed by atoms with van der Waals surface area (Å²) in [6, 6.07) is 5.36. The van der Waals surface area contributed by atoms with Gasteiger partial charge in [-0.25, -0.2) is 4.79 Å². The minimum Gasteiger partial charge on any atom is -0.379 e. The summed E-state index contributed by atoms with van der Waals surface area (Å²) >= 11 is 1.20. The predicted octanol–water partition coefficient (Wildman–Crippen LogP) is 1.01. The van der Waals surface area contributed by atoms with Crippen molar-refractivity contribution < 1.29 is 0 Å². The largest absolute Gasteiger partial charge is 0.379 e. The lowest BCUT2D eigenvalue weighted by Crippen LogP contribution is -2.35. The number of thioether (sulfide) groups is 1. The Morgan fingerprint density at radius 3 is 2.90 bits per heavy atom. The van der Waals surface area contributed by atoms with E-state index in [1.54, 1.807) is 12.1 Å². The Kier molecular flexibility index (Phi) is 4.29. The molecule has 0 radical (unpaired) electrons. The summed E-state index contributed by atoms with van der Waals surface area (Å²) in [5.74, 6) is 0.604. The minimum absolute atomic E-state index is 0.0420. The minimum atomic E-state index is -0.404. The molecule has 6 nitrogen and oxygen atoms in total. The zero-order valence-electron chi connectivity index (χ0n) is 11.1. The van der Waals surface area contributed by atoms with Gasteiger partial charge in [0.05, 0.1) is 10.9 Å². The van der Waals surface area contributed by atoms with Gasteiger partial charge >= 0.3 is 5.69 Å². The quantitative estimate of drug-likeness (QED) is 0.444. The number of hydrogen-bond acceptors (Lipinski definition) is 4. The van der Waals surface area contributed by atoms with Crippen molar-refractivity contribution in [3.8, 4) is 0 Å². The van der Waals surface area contributed by atoms with Gasteiger partial charge in [0.25, 0.3) is 5.56 Å². The maximum Gasteiger partial charge on any atom is 0.328 e. The molecule has 0 amide bonds. The van der Waals surface area contributed by atoms with Crippen molar-refractivity contribution in [1.82, 2.24) is 9.55 Å². The van der Waals surface area contributed by atoms with E-state index in [-0.39, 0.29) is 10.7 Å². The Bertz CT molecular complexity index is 763. The van der Waals surface area contributed by atoms with E-state index in [4.69, 9.17) is 11.1 Å². The average Bonchev–Trinajstić information content (AvgIpc) is 2.38. The number of nitrogens with one attached hydrogen (secondary N) is 2. The molecule has 0 fully saturated rings. The van der Waals surface area contributed by atoms with E-state index in [1.165, 1.54) is 16.3 Å². The first kappa shape index (κ1) is 14.4. The SMILES string of the molecule is Cc1ccc2[nH]c(=O)n(CCCSC(=N)N)c(=O)c2c1. The highest BCUT2D eigenvalue weighted by molar-refractivity contribution is 8.13. The first-order chi connectivity index (χ1) is 9.49. The number of fused-ring (bicyclic) bond motifs is 1. The number of benzene rings is 1. The van der Waals surface area contributed by atoms with Gasteiger partial charge in [-0.1, -0.05) is 23.4 Å². The molecule has 0 aliphatic rings. The molecule has 2 rings (SSSR count). The summed E-state index contributed by atoms with van der Waals surface area (Å²) < 4.78 is 1.20. The second-order valence-electron chi connectivity index (χ2n) is 4.50. The van der Waals surface area contributed by atoms with E-state index >= 15 is 0 Å². The van der Waals surface area contributed by atoms with Gasteiger partial charge in [-0.05, 0) is 25.5 Å². The Morgan fingerprint density at radius 2 is 2.20 bits per heavy atom. The van der Waals surface area contributed by atoms with Crippen LogP contribution in [0.15, 0.2) is 27.8 Å². The van der Waals surface area contributed by atoms with Crippen LogP contribution in [0.2, 0.25) is 0 Å². The van der Waals surface area contributed by atoms with E-state index in [2.05, 4.69) is 4.98 Å². The number of H-pyrrole nitrogens is 1. The molecule has 0 unspecified atom stereocenters. The van der Waals surface area contributed by atoms with Crippen molar-refractivity contribution in [3.05, 3.63) is 44.6 Å². The van der Waals surface area contributed by atoms with Crippen LogP contribution in [0.5, 0.6) is 0 Å². The third-order valence-corrected chi connectivity index (χ3v) is 3.72. The second kappa shape index (κ2) is 5.96. The molecule has 7 heteroatoms. The summed E-state index contributed by atoms with van der Waals surface area (Å²) in [7, 11) is 0. The number of aromatic nitrogens is 2. The van der Waals surface area contributed by atoms with Gasteiger partial charge in [-0.15, -0.1) is 0 Å². The highest BCUT2D eigenvalue weighted by Gasteiger charge is 2.07. The molecule has 1 aromatic carbocycles. The van der Waals surface area contributed by atoms with Crippen molar-refractivity contribution in [2.24, 2.45) is 5.73 Å². The van der Waals surface area contributed by atoms with Crippen molar-refractivity contribution in [2.75, 3.05) is 5.75 Å². The highest BCUT2D eigenvalue weighted by Crippen LogP contribution is 2.08. The molecule has 20 heavy (non-hydrogen) atoms. The Hall–Kier alpha value is -2.02. The van der Waals surface area contributed by atoms with Gasteiger partial charge in [0.15, 0.2) is 5.17 Å². The van der Waals surface area contributed by atoms with E-state index in [0.717, 1.165) is 5.56 Å². The van der Waals surface area contributed by atoms with Gasteiger partial charge < -0.3 is 10.7 Å². The first-order valence-corrected chi connectivity index (χ1v) is 7.18. The molecule has 0 aliphatic carbocycles. The smallest absolute Gasteiger partial charge is 0.328 e. The number of rotatable bonds is 4. The van der Waals surface area contributed by atoms with Crippen LogP contribution in [0.25, 0.3) is 10.9 Å². The average molecular weight is 292 g/mol. The fourth-order valence-electron chi connectivity index (χ4n) is 1.97. The number of aromatic amines is 1. The number of hydrogen-bond donors (Lipinski definition) is 3. The molecular formula is C13H16N4O2S. The van der Waals surface area contributed by atoms with E-state index in [1.807, 2.05) is 13.0 Å². The summed E-state index contributed by atoms with van der Waals surface area (Å²) in [6.45, 7) is 2.22. The molecule has 2 aromatic rings. The Morgan fingerprint density at radius 1 is 1.45 bits per heavy atom. The van der Waals surface area contributed by atoms with Crippen molar-refractivity contribution in [1.29, 1.82) is 5.41 Å². The predicted molar refractivity (Wildman–Crippen MR) is 82.6 cm³/mol. The van der Waals surface area contributed by atoms with Crippen LogP contribution < -0.4 is 17.0 Å². The Balaban J connectivity index is 2.31. The van der Waals surface area contributed by atoms with Crippen molar-refractivity contribution in [3.63, 3.8) is 0 Å². The summed E-state index contributed by atoms with van der Waals surface area (Å²) in [5, 5.41) is 7.66. The number of aryl methyl sites for hydroxylation is 1. The van der Waals surface area contributed by atoms with Crippen LogP contribution in [0.1, 0.15) is 12.0 Å². The summed E-state index contributed by atoms with van der Waals surface area (Å²) in [4.78, 5) is 26.9. The molecule has 106 valence electrons. The fourth-order valence-corrected chi connectivity index (χ4v) is 2.47. The van der Waals surface area contributed by atoms with Crippen LogP contribution in [-0.4, -0.2) is 20.5 Å². The standard InChI is InChI=1S/C13H16N4O2S/c1-8-3-4-10-9(7-8)11(18)17(13(19)16-10)5-2-6-20-12(14)15/h3-4,7H,2,5-6H2,1H3,(H3,14,15)(H,16,19). The van der Waals surface area contributed by atoms with E-state index in [0.29, 0.717) is 29.6 Å². The highest BCUT2D eigenvalue weighted by atomic mass is 32.2. The van der Waals surface area contributed by atoms with Gasteiger partial charge in [-0.2, -0.15) is 0 Å². The van der Waals surface area contributed by atoms with Gasteiger partial charge in [-0.3, -0.25) is 14.8 Å². The lowest BCUT2D eigenvalue weighted by atomic mass is 10.2. The molecule has 0 saturated carbocycles. The third kappa shape index (κ3) is 3.11. The van der Waals surface area contributed by atoms with Crippen LogP contribution in [-0.2, 0) is 6.54 Å². The summed E-state index contributed by atoms with van der Waals surface area (Å²) in [5.41, 5.74) is 6.08. The van der Waals surface area contributed by atoms with Gasteiger partial charge in [0, 0.05) is 12.3 Å². The van der Waals surface area contributed by atoms with Gasteiger partial charge in [0.2, 0.25) is 0 Å². The first-order valence-electron chi connectivity index (χ1n) is 6.19. The summed E-state index contributed by atoms with van der Waals surface area (Å²) in [6.07, 6.45) is 0.602. The molecule has 0 spiro atoms. The maximum atomic E-state index is 12.3. The molecule has 0 aliphatic heterocycles. The van der Waals surface area contributed by atoms with E-state index < -0.39 is 5.69 Å². The van der Waals surface area contributed by atoms with Crippen LogP contribution >= 0.6 is 11.8 Å². The molecular weight excluding hydrogens is 276 g/mol. The topological polar surface area (TPSA) is 105 Å². The van der Waals surface area contributed by atoms with Gasteiger partial charge in [0.1, 0.15) is 0 Å². The lowest BCUT2D eigenvalue weighted by molar-refractivity contribution is 0.627. The lowest BCUT2D eigenvalue weighted by Gasteiger charge is -2.06. The molecule has 0 saturated heterocycles. The number of amidine groups is 1. The Labute approximate surface area is 119 Å². The molecule has 1 aromatic heterocycles. The second-order valence-corrected chi connectivity index (χ2v) is 5.64. The van der Waals surface area contributed by atoms with Crippen LogP contribution in [0.3, 0.4) is 0 Å². The maximum absolute atomic E-state index is 12.3. The number of nitrogens with zero attached hydrogens (tertiary/aromatic N) is 1. The zero-order chi connectivity index (χ0) is 14.7. The molecule has 4 N–H and O–H groups in total. The van der Waals surface area contributed by atoms with E-state index in [9.17, 15) is 9.59 Å². The van der Waals surface area contributed by atoms with Crippen molar-refractivity contribution >= 4 is 27.8 Å². The molecule has 1 heterocycles. The molecule has 0 bridgehead atoms. The molecule has 0 atom stereocenters. The van der Waals surface area contributed by atoms with Crippen LogP contribution in [0, 0.1) is 12.3 Å². The van der Waals surface area contributed by atoms with Crippen molar-refractivity contribution in [2.45, 2.75) is 19.9 Å². The number of nitrogens with two attached hydrogens (primary N) is 1. The fraction of sp³-hybridized carbons (Fsp3) is 0.308. The normalized spacial score (nSPS) is 10.8. The zero-order valence-corrected chi connectivity index (χ0v) is 11.9. The third-order valence-electron chi connectivity index (χ3n) is 2.92.